The van der Waals surface area contributed by atoms with Crippen molar-refractivity contribution in [3.8, 4) is 11.3 Å². The average molecular weight is 277 g/mol. The molecule has 0 atom stereocenters. The Bertz CT molecular complexity index is 651. The molecule has 1 heterocycles. The van der Waals surface area contributed by atoms with Gasteiger partial charge in [-0.3, -0.25) is 4.79 Å². The highest BCUT2D eigenvalue weighted by molar-refractivity contribution is 6.30. The summed E-state index contributed by atoms with van der Waals surface area (Å²) in [4.78, 5) is 12.3. The van der Waals surface area contributed by atoms with Crippen LogP contribution in [0.15, 0.2) is 41.2 Å². The van der Waals surface area contributed by atoms with E-state index in [1.165, 1.54) is 0 Å². The summed E-state index contributed by atoms with van der Waals surface area (Å²) in [5.74, 6) is 0. The van der Waals surface area contributed by atoms with E-state index in [0.717, 1.165) is 11.3 Å². The molecule has 0 fully saturated rings. The molecular weight excluding hydrogens is 260 g/mol. The van der Waals surface area contributed by atoms with Gasteiger partial charge in [-0.25, -0.2) is 0 Å². The lowest BCUT2D eigenvalue weighted by Crippen LogP contribution is -2.37. The number of hydrogen-bond donors (Lipinski definition) is 1. The predicted molar refractivity (Wildman–Crippen MR) is 79.3 cm³/mol. The first kappa shape index (κ1) is 13.8. The summed E-state index contributed by atoms with van der Waals surface area (Å²) in [6, 6.07) is 11.1. The van der Waals surface area contributed by atoms with Gasteiger partial charge in [0, 0.05) is 23.2 Å². The van der Waals surface area contributed by atoms with Gasteiger partial charge in [0.15, 0.2) is 0 Å². The first-order chi connectivity index (χ1) is 8.80. The van der Waals surface area contributed by atoms with Gasteiger partial charge < -0.3 is 10.3 Å². The second kappa shape index (κ2) is 4.83. The van der Waals surface area contributed by atoms with E-state index in [1.54, 1.807) is 17.7 Å². The highest BCUT2D eigenvalue weighted by Gasteiger charge is 2.19. The lowest BCUT2D eigenvalue weighted by molar-refractivity contribution is 0.541. The van der Waals surface area contributed by atoms with Crippen LogP contribution in [0, 0.1) is 0 Å². The molecule has 0 aliphatic heterocycles. The maximum Gasteiger partial charge on any atom is 0.255 e. The van der Waals surface area contributed by atoms with Crippen LogP contribution in [-0.2, 0) is 12.6 Å². The smallest absolute Gasteiger partial charge is 0.255 e. The van der Waals surface area contributed by atoms with E-state index < -0.39 is 5.54 Å². The van der Waals surface area contributed by atoms with Crippen molar-refractivity contribution < 1.29 is 0 Å². The third kappa shape index (κ3) is 2.72. The standard InChI is InChI=1S/C15H17ClN2O/c1-15(2,17)12-8-9-13(18(3)14(12)19)10-4-6-11(16)7-5-10/h4-9H,17H2,1-3H3. The van der Waals surface area contributed by atoms with E-state index in [-0.39, 0.29) is 5.56 Å². The van der Waals surface area contributed by atoms with Crippen molar-refractivity contribution in [1.82, 2.24) is 4.57 Å². The fourth-order valence-electron chi connectivity index (χ4n) is 2.04. The lowest BCUT2D eigenvalue weighted by atomic mass is 9.96. The van der Waals surface area contributed by atoms with E-state index in [1.807, 2.05) is 44.2 Å². The van der Waals surface area contributed by atoms with Gasteiger partial charge in [-0.2, -0.15) is 0 Å². The molecule has 0 spiro atoms. The number of nitrogens with two attached hydrogens (primary N) is 1. The molecule has 0 bridgehead atoms. The van der Waals surface area contributed by atoms with Gasteiger partial charge in [0.05, 0.1) is 5.69 Å². The maximum atomic E-state index is 12.3. The highest BCUT2D eigenvalue weighted by atomic mass is 35.5. The Balaban J connectivity index is 2.59. The van der Waals surface area contributed by atoms with Crippen LogP contribution in [0.25, 0.3) is 11.3 Å². The van der Waals surface area contributed by atoms with Crippen molar-refractivity contribution >= 4 is 11.6 Å². The summed E-state index contributed by atoms with van der Waals surface area (Å²) in [6.45, 7) is 3.65. The molecule has 2 N–H and O–H groups in total. The summed E-state index contributed by atoms with van der Waals surface area (Å²) in [5, 5.41) is 0.675. The molecule has 0 aliphatic rings. The molecule has 2 rings (SSSR count). The van der Waals surface area contributed by atoms with E-state index in [4.69, 9.17) is 17.3 Å². The number of halogens is 1. The van der Waals surface area contributed by atoms with Crippen LogP contribution in [0.2, 0.25) is 5.02 Å². The molecule has 2 aromatic rings. The van der Waals surface area contributed by atoms with Crippen molar-refractivity contribution in [2.75, 3.05) is 0 Å². The molecule has 4 heteroatoms. The SMILES string of the molecule is Cn1c(-c2ccc(Cl)cc2)ccc(C(C)(C)N)c1=O. The minimum Gasteiger partial charge on any atom is -0.322 e. The van der Waals surface area contributed by atoms with Crippen LogP contribution in [0.1, 0.15) is 19.4 Å². The Kier molecular flexibility index (Phi) is 3.52. The van der Waals surface area contributed by atoms with Gasteiger partial charge in [0.2, 0.25) is 0 Å². The second-order valence-corrected chi connectivity index (χ2v) is 5.66. The number of benzene rings is 1. The number of hydrogen-bond acceptors (Lipinski definition) is 2. The van der Waals surface area contributed by atoms with Crippen LogP contribution >= 0.6 is 11.6 Å². The topological polar surface area (TPSA) is 48.0 Å². The lowest BCUT2D eigenvalue weighted by Gasteiger charge is -2.20. The Morgan fingerprint density at radius 2 is 1.68 bits per heavy atom. The van der Waals surface area contributed by atoms with Crippen LogP contribution in [0.4, 0.5) is 0 Å². The highest BCUT2D eigenvalue weighted by Crippen LogP contribution is 2.22. The van der Waals surface area contributed by atoms with E-state index in [9.17, 15) is 4.79 Å². The molecule has 0 aliphatic carbocycles. The van der Waals surface area contributed by atoms with Gasteiger partial charge >= 0.3 is 0 Å². The van der Waals surface area contributed by atoms with Crippen molar-refractivity contribution in [2.45, 2.75) is 19.4 Å². The van der Waals surface area contributed by atoms with E-state index >= 15 is 0 Å². The zero-order valence-corrected chi connectivity index (χ0v) is 12.0. The molecular formula is C15H17ClN2O. The molecule has 100 valence electrons. The normalized spacial score (nSPS) is 11.6. The largest absolute Gasteiger partial charge is 0.322 e. The number of nitrogens with zero attached hydrogens (tertiary/aromatic N) is 1. The predicted octanol–water partition coefficient (Wildman–Crippen LogP) is 2.90. The number of pyridine rings is 1. The Morgan fingerprint density at radius 1 is 1.11 bits per heavy atom. The third-order valence-electron chi connectivity index (χ3n) is 3.14. The van der Waals surface area contributed by atoms with Gasteiger partial charge in [-0.15, -0.1) is 0 Å². The molecule has 0 saturated heterocycles. The monoisotopic (exact) mass is 276 g/mol. The molecule has 0 radical (unpaired) electrons. The molecule has 0 amide bonds. The Morgan fingerprint density at radius 3 is 2.21 bits per heavy atom. The third-order valence-corrected chi connectivity index (χ3v) is 3.39. The Hall–Kier alpha value is -1.58. The van der Waals surface area contributed by atoms with Crippen LogP contribution in [-0.4, -0.2) is 4.57 Å². The summed E-state index contributed by atoms with van der Waals surface area (Å²) in [5.41, 5.74) is 7.69. The molecule has 1 aromatic carbocycles. The van der Waals surface area contributed by atoms with Crippen LogP contribution in [0.5, 0.6) is 0 Å². The molecule has 0 unspecified atom stereocenters. The first-order valence-electron chi connectivity index (χ1n) is 6.06. The van der Waals surface area contributed by atoms with Crippen LogP contribution in [0.3, 0.4) is 0 Å². The zero-order valence-electron chi connectivity index (χ0n) is 11.3. The van der Waals surface area contributed by atoms with Gasteiger partial charge in [-0.05, 0) is 43.7 Å². The summed E-state index contributed by atoms with van der Waals surface area (Å²) >= 11 is 5.87. The van der Waals surface area contributed by atoms with Crippen LogP contribution < -0.4 is 11.3 Å². The number of rotatable bonds is 2. The number of aromatic nitrogens is 1. The summed E-state index contributed by atoms with van der Waals surface area (Å²) in [7, 11) is 1.75. The van der Waals surface area contributed by atoms with Crippen molar-refractivity contribution in [1.29, 1.82) is 0 Å². The fraction of sp³-hybridized carbons (Fsp3) is 0.267. The minimum absolute atomic E-state index is 0.0695. The fourth-order valence-corrected chi connectivity index (χ4v) is 2.16. The van der Waals surface area contributed by atoms with Crippen molar-refractivity contribution in [3.05, 3.63) is 57.3 Å². The minimum atomic E-state index is -0.645. The summed E-state index contributed by atoms with van der Waals surface area (Å²) in [6.07, 6.45) is 0. The first-order valence-corrected chi connectivity index (χ1v) is 6.44. The molecule has 1 aromatic heterocycles. The average Bonchev–Trinajstić information content (AvgIpc) is 2.32. The quantitative estimate of drug-likeness (QED) is 0.917. The van der Waals surface area contributed by atoms with Gasteiger partial charge in [0.25, 0.3) is 5.56 Å². The zero-order chi connectivity index (χ0) is 14.2. The maximum absolute atomic E-state index is 12.3. The summed E-state index contributed by atoms with van der Waals surface area (Å²) < 4.78 is 1.62. The van der Waals surface area contributed by atoms with E-state index in [0.29, 0.717) is 10.6 Å². The van der Waals surface area contributed by atoms with Gasteiger partial charge in [0.1, 0.15) is 0 Å². The molecule has 0 saturated carbocycles. The molecule has 3 nitrogen and oxygen atoms in total. The van der Waals surface area contributed by atoms with E-state index in [2.05, 4.69) is 0 Å². The van der Waals surface area contributed by atoms with Crippen molar-refractivity contribution in [2.24, 2.45) is 12.8 Å². The Labute approximate surface area is 117 Å². The second-order valence-electron chi connectivity index (χ2n) is 5.22. The molecule has 19 heavy (non-hydrogen) atoms. The van der Waals surface area contributed by atoms with Gasteiger partial charge in [-0.1, -0.05) is 23.7 Å². The van der Waals surface area contributed by atoms with Crippen molar-refractivity contribution in [3.63, 3.8) is 0 Å².